The van der Waals surface area contributed by atoms with Crippen molar-refractivity contribution in [1.82, 2.24) is 14.5 Å². The minimum Gasteiger partial charge on any atom is -0.355 e. The number of rotatable bonds is 3. The number of ether oxygens (including phenoxy) is 1. The lowest BCUT2D eigenvalue weighted by molar-refractivity contribution is -0.135. The number of nitrogens with one attached hydrogen (secondary N) is 1. The van der Waals surface area contributed by atoms with E-state index in [2.05, 4.69) is 11.4 Å². The quantitative estimate of drug-likeness (QED) is 0.766. The molecule has 2 aliphatic heterocycles. The van der Waals surface area contributed by atoms with Crippen LogP contribution in [0.3, 0.4) is 0 Å². The Labute approximate surface area is 187 Å². The number of hydrogen-bond acceptors (Lipinski definition) is 4. The fraction of sp³-hybridized carbons (Fsp3) is 0.435. The third kappa shape index (κ3) is 3.48. The van der Waals surface area contributed by atoms with Crippen molar-refractivity contribution in [3.63, 3.8) is 0 Å². The molecule has 2 heterocycles. The monoisotopic (exact) mass is 459 g/mol. The smallest absolute Gasteiger partial charge is 0.317 e. The highest BCUT2D eigenvalue weighted by Crippen LogP contribution is 2.40. The molecule has 0 radical (unpaired) electrons. The zero-order chi connectivity index (χ0) is 22.3. The molecule has 0 saturated carbocycles. The van der Waals surface area contributed by atoms with E-state index in [0.29, 0.717) is 0 Å². The number of carbonyl (C=O) groups is 1. The first-order valence-electron chi connectivity index (χ1n) is 10.9. The zero-order valence-corrected chi connectivity index (χ0v) is 18.4. The molecule has 3 aliphatic rings. The van der Waals surface area contributed by atoms with Gasteiger partial charge < -0.3 is 15.0 Å². The summed E-state index contributed by atoms with van der Waals surface area (Å²) >= 11 is 0. The van der Waals surface area contributed by atoms with Crippen LogP contribution in [0, 0.1) is 0 Å². The number of piperidine rings is 1. The highest BCUT2D eigenvalue weighted by atomic mass is 32.2. The van der Waals surface area contributed by atoms with Crippen LogP contribution >= 0.6 is 0 Å². The van der Waals surface area contributed by atoms with Crippen LogP contribution in [0.4, 0.5) is 9.18 Å². The lowest BCUT2D eigenvalue weighted by atomic mass is 9.99. The Morgan fingerprint density at radius 3 is 2.62 bits per heavy atom. The number of nitrogens with zero attached hydrogens (tertiary/aromatic N) is 2. The third-order valence-corrected chi connectivity index (χ3v) is 8.67. The van der Waals surface area contributed by atoms with Crippen molar-refractivity contribution in [1.29, 1.82) is 0 Å². The fourth-order valence-electron chi connectivity index (χ4n) is 5.06. The molecule has 32 heavy (non-hydrogen) atoms. The van der Waals surface area contributed by atoms with Crippen molar-refractivity contribution >= 4 is 16.1 Å². The van der Waals surface area contributed by atoms with Crippen LogP contribution in [-0.2, 0) is 21.2 Å². The Kier molecular flexibility index (Phi) is 5.43. The average molecular weight is 460 g/mol. The summed E-state index contributed by atoms with van der Waals surface area (Å²) < 4.78 is 48.8. The molecule has 2 saturated heterocycles. The summed E-state index contributed by atoms with van der Waals surface area (Å²) in [6, 6.07) is 15.6. The molecule has 2 aromatic carbocycles. The second-order valence-corrected chi connectivity index (χ2v) is 10.3. The number of fused-ring (bicyclic) bond motifs is 1. The van der Waals surface area contributed by atoms with Gasteiger partial charge in [0.15, 0.2) is 11.9 Å². The Hall–Kier alpha value is -2.49. The van der Waals surface area contributed by atoms with Crippen molar-refractivity contribution in [2.24, 2.45) is 0 Å². The Morgan fingerprint density at radius 1 is 1.09 bits per heavy atom. The van der Waals surface area contributed by atoms with Gasteiger partial charge in [0, 0.05) is 19.5 Å². The van der Waals surface area contributed by atoms with E-state index >= 15 is 4.39 Å². The van der Waals surface area contributed by atoms with Crippen LogP contribution < -0.4 is 5.32 Å². The standard InChI is InChI=1S/C23H26FN3O4S/c24-21-16-26(22(28)25-20-11-10-17-6-4-5-9-19(17)20)13-12-23(21)27(14-15-31-23)32(29,30)18-7-2-1-3-8-18/h1-9,20-21H,10-16H2,(H,25,28)/t20-,21?,23?/m0/s1. The van der Waals surface area contributed by atoms with Gasteiger partial charge in [-0.05, 0) is 36.1 Å². The number of benzene rings is 2. The predicted octanol–water partition coefficient (Wildman–Crippen LogP) is 2.84. The molecule has 9 heteroatoms. The van der Waals surface area contributed by atoms with Crippen LogP contribution in [0.5, 0.6) is 0 Å². The van der Waals surface area contributed by atoms with Gasteiger partial charge in [-0.1, -0.05) is 42.5 Å². The minimum absolute atomic E-state index is 0.0783. The Morgan fingerprint density at radius 2 is 1.84 bits per heavy atom. The van der Waals surface area contributed by atoms with Crippen LogP contribution in [0.2, 0.25) is 0 Å². The summed E-state index contributed by atoms with van der Waals surface area (Å²) in [6.07, 6.45) is 0.137. The van der Waals surface area contributed by atoms with Crippen molar-refractivity contribution in [3.05, 3.63) is 65.7 Å². The second-order valence-electron chi connectivity index (χ2n) is 8.49. The number of sulfonamides is 1. The molecular formula is C23H26FN3O4S. The number of aryl methyl sites for hydroxylation is 1. The second kappa shape index (κ2) is 8.13. The van der Waals surface area contributed by atoms with E-state index in [0.717, 1.165) is 22.7 Å². The van der Waals surface area contributed by atoms with Crippen molar-refractivity contribution in [3.8, 4) is 0 Å². The zero-order valence-electron chi connectivity index (χ0n) is 17.6. The topological polar surface area (TPSA) is 79.0 Å². The maximum absolute atomic E-state index is 15.6. The van der Waals surface area contributed by atoms with E-state index in [1.54, 1.807) is 18.2 Å². The first kappa shape index (κ1) is 21.4. The van der Waals surface area contributed by atoms with E-state index in [1.807, 2.05) is 18.2 Å². The van der Waals surface area contributed by atoms with E-state index in [-0.39, 0.29) is 49.6 Å². The fourth-order valence-corrected chi connectivity index (χ4v) is 6.80. The highest BCUT2D eigenvalue weighted by Gasteiger charge is 2.57. The van der Waals surface area contributed by atoms with Gasteiger partial charge in [-0.3, -0.25) is 0 Å². The van der Waals surface area contributed by atoms with E-state index in [4.69, 9.17) is 4.74 Å². The molecule has 0 aromatic heterocycles. The van der Waals surface area contributed by atoms with Crippen LogP contribution in [0.25, 0.3) is 0 Å². The van der Waals surface area contributed by atoms with Crippen molar-refractivity contribution in [2.75, 3.05) is 26.2 Å². The summed E-state index contributed by atoms with van der Waals surface area (Å²) in [5.74, 6) is 0. The van der Waals surface area contributed by atoms with Gasteiger partial charge in [-0.25, -0.2) is 17.6 Å². The maximum atomic E-state index is 15.6. The molecule has 1 aliphatic carbocycles. The lowest BCUT2D eigenvalue weighted by Crippen LogP contribution is -2.63. The van der Waals surface area contributed by atoms with Crippen molar-refractivity contribution < 1.29 is 22.3 Å². The molecule has 2 fully saturated rings. The van der Waals surface area contributed by atoms with Gasteiger partial charge in [-0.15, -0.1) is 0 Å². The molecule has 2 unspecified atom stereocenters. The molecular weight excluding hydrogens is 433 g/mol. The molecule has 7 nitrogen and oxygen atoms in total. The normalized spacial score (nSPS) is 28.1. The summed E-state index contributed by atoms with van der Waals surface area (Å²) in [5, 5.41) is 3.02. The molecule has 1 spiro atoms. The number of halogens is 1. The largest absolute Gasteiger partial charge is 0.355 e. The van der Waals surface area contributed by atoms with E-state index < -0.39 is 21.9 Å². The van der Waals surface area contributed by atoms with E-state index in [1.165, 1.54) is 22.6 Å². The minimum atomic E-state index is -3.92. The number of urea groups is 1. The number of amides is 2. The van der Waals surface area contributed by atoms with Gasteiger partial charge in [-0.2, -0.15) is 4.31 Å². The summed E-state index contributed by atoms with van der Waals surface area (Å²) in [5.41, 5.74) is 0.746. The van der Waals surface area contributed by atoms with Gasteiger partial charge in [0.1, 0.15) is 0 Å². The summed E-state index contributed by atoms with van der Waals surface area (Å²) in [6.45, 7) is 0.197. The van der Waals surface area contributed by atoms with Gasteiger partial charge in [0.2, 0.25) is 10.0 Å². The number of likely N-dealkylation sites (tertiary alicyclic amines) is 1. The van der Waals surface area contributed by atoms with Crippen LogP contribution in [0.1, 0.15) is 30.0 Å². The van der Waals surface area contributed by atoms with Gasteiger partial charge in [0.25, 0.3) is 0 Å². The average Bonchev–Trinajstić information content (AvgIpc) is 3.42. The Balaban J connectivity index is 1.30. The maximum Gasteiger partial charge on any atom is 0.317 e. The number of hydrogen-bond donors (Lipinski definition) is 1. The molecule has 2 amide bonds. The van der Waals surface area contributed by atoms with Crippen LogP contribution in [-0.4, -0.2) is 61.8 Å². The molecule has 5 rings (SSSR count). The predicted molar refractivity (Wildman–Crippen MR) is 116 cm³/mol. The number of carbonyl (C=O) groups excluding carboxylic acids is 1. The lowest BCUT2D eigenvalue weighted by Gasteiger charge is -2.45. The van der Waals surface area contributed by atoms with E-state index in [9.17, 15) is 13.2 Å². The molecule has 3 atom stereocenters. The summed E-state index contributed by atoms with van der Waals surface area (Å²) in [4.78, 5) is 14.4. The SMILES string of the molecule is O=C(N[C@H]1CCc2ccccc21)N1CCC2(OCCN2S(=O)(=O)c2ccccc2)C(F)C1. The molecule has 2 aromatic rings. The molecule has 1 N–H and O–H groups in total. The van der Waals surface area contributed by atoms with Gasteiger partial charge in [0.05, 0.1) is 24.1 Å². The highest BCUT2D eigenvalue weighted by molar-refractivity contribution is 7.89. The third-order valence-electron chi connectivity index (χ3n) is 6.73. The molecule has 170 valence electrons. The summed E-state index contributed by atoms with van der Waals surface area (Å²) in [7, 11) is -3.92. The Bertz CT molecular complexity index is 1110. The first-order chi connectivity index (χ1) is 15.4. The molecule has 0 bridgehead atoms. The van der Waals surface area contributed by atoms with Crippen molar-refractivity contribution in [2.45, 2.75) is 42.1 Å². The van der Waals surface area contributed by atoms with Gasteiger partial charge >= 0.3 is 6.03 Å². The van der Waals surface area contributed by atoms with Crippen LogP contribution in [0.15, 0.2) is 59.5 Å². The first-order valence-corrected chi connectivity index (χ1v) is 12.3. The number of alkyl halides is 1.